The van der Waals surface area contributed by atoms with E-state index in [4.69, 9.17) is 4.74 Å². The van der Waals surface area contributed by atoms with E-state index in [1.54, 1.807) is 19.2 Å². The molecule has 0 bridgehead atoms. The summed E-state index contributed by atoms with van der Waals surface area (Å²) in [6.07, 6.45) is -1.02. The number of benzene rings is 2. The van der Waals surface area contributed by atoms with E-state index in [1.165, 1.54) is 17.7 Å². The summed E-state index contributed by atoms with van der Waals surface area (Å²) in [4.78, 5) is 6.79. The van der Waals surface area contributed by atoms with Gasteiger partial charge in [-0.2, -0.15) is 0 Å². The van der Waals surface area contributed by atoms with E-state index in [-0.39, 0.29) is 5.75 Å². The third kappa shape index (κ3) is 7.70. The fourth-order valence-electron chi connectivity index (χ4n) is 3.48. The van der Waals surface area contributed by atoms with Crippen molar-refractivity contribution in [2.24, 2.45) is 0 Å². The molecule has 176 valence electrons. The number of pyridine rings is 1. The van der Waals surface area contributed by atoms with Gasteiger partial charge in [-0.1, -0.05) is 44.2 Å². The fourth-order valence-corrected chi connectivity index (χ4v) is 3.48. The maximum atomic E-state index is 12.4. The van der Waals surface area contributed by atoms with E-state index in [9.17, 15) is 13.2 Å². The van der Waals surface area contributed by atoms with Gasteiger partial charge < -0.3 is 14.4 Å². The van der Waals surface area contributed by atoms with Crippen molar-refractivity contribution in [2.75, 3.05) is 18.6 Å². The Balaban J connectivity index is 1.70. The number of methoxy groups -OCH3 is 1. The van der Waals surface area contributed by atoms with Gasteiger partial charge in [0.05, 0.1) is 7.11 Å². The molecule has 0 spiro atoms. The molecule has 2 aromatic carbocycles. The molecule has 0 radical (unpaired) electrons. The van der Waals surface area contributed by atoms with Crippen molar-refractivity contribution in [2.45, 2.75) is 45.5 Å². The first kappa shape index (κ1) is 24.4. The van der Waals surface area contributed by atoms with E-state index >= 15 is 0 Å². The number of halogens is 3. The summed E-state index contributed by atoms with van der Waals surface area (Å²) in [5, 5.41) is 0. The highest BCUT2D eigenvalue weighted by Crippen LogP contribution is 2.24. The van der Waals surface area contributed by atoms with Crippen LogP contribution >= 0.6 is 0 Å². The molecule has 0 amide bonds. The van der Waals surface area contributed by atoms with Crippen LogP contribution in [0.3, 0.4) is 0 Å². The summed E-state index contributed by atoms with van der Waals surface area (Å²) in [5.74, 6) is 1.82. The van der Waals surface area contributed by atoms with Crippen molar-refractivity contribution >= 4 is 5.82 Å². The largest absolute Gasteiger partial charge is 0.573 e. The minimum atomic E-state index is -4.70. The molecule has 3 aromatic rings. The summed E-state index contributed by atoms with van der Waals surface area (Å²) >= 11 is 0. The van der Waals surface area contributed by atoms with Crippen molar-refractivity contribution in [3.05, 3.63) is 83.6 Å². The smallest absolute Gasteiger partial charge is 0.497 e. The fraction of sp³-hybridized carbons (Fsp3) is 0.346. The minimum absolute atomic E-state index is 0.225. The molecule has 0 aliphatic rings. The molecular weight excluding hydrogens is 429 g/mol. The van der Waals surface area contributed by atoms with Crippen LogP contribution in [0.15, 0.2) is 66.9 Å². The molecule has 0 saturated carbocycles. The molecular formula is C26H29F3N2O2. The zero-order chi connectivity index (χ0) is 23.8. The van der Waals surface area contributed by atoms with Gasteiger partial charge in [0, 0.05) is 19.3 Å². The average molecular weight is 459 g/mol. The Hall–Kier alpha value is -3.22. The van der Waals surface area contributed by atoms with Crippen LogP contribution in [0.2, 0.25) is 0 Å². The number of aromatic nitrogens is 1. The van der Waals surface area contributed by atoms with Gasteiger partial charge in [0.1, 0.15) is 17.3 Å². The molecule has 0 saturated heterocycles. The Morgan fingerprint density at radius 2 is 1.52 bits per heavy atom. The number of alkyl halides is 3. The lowest BCUT2D eigenvalue weighted by Crippen LogP contribution is -2.25. The number of ether oxygens (including phenoxy) is 2. The van der Waals surface area contributed by atoms with Crippen molar-refractivity contribution in [1.29, 1.82) is 0 Å². The second kappa shape index (κ2) is 11.1. The van der Waals surface area contributed by atoms with E-state index in [0.717, 1.165) is 42.1 Å². The molecule has 0 atom stereocenters. The van der Waals surface area contributed by atoms with Crippen LogP contribution < -0.4 is 14.4 Å². The summed E-state index contributed by atoms with van der Waals surface area (Å²) in [6, 6.07) is 18.1. The standard InChI is InChI=1S/C26H29F3N2O2/c1-19(2)22-10-15-25(30-17-22)31(16-4-5-20-6-11-23(32-3)12-7-20)18-21-8-13-24(14-9-21)33-26(27,28)29/h6-15,17,19H,4-5,16,18H2,1-3H3. The Morgan fingerprint density at radius 1 is 0.879 bits per heavy atom. The van der Waals surface area contributed by atoms with Crippen molar-refractivity contribution in [3.8, 4) is 11.5 Å². The zero-order valence-corrected chi connectivity index (χ0v) is 19.1. The molecule has 7 heteroatoms. The molecule has 0 aliphatic heterocycles. The second-order valence-electron chi connectivity index (χ2n) is 8.17. The highest BCUT2D eigenvalue weighted by atomic mass is 19.4. The van der Waals surface area contributed by atoms with Gasteiger partial charge in [-0.25, -0.2) is 4.98 Å². The van der Waals surface area contributed by atoms with E-state index in [2.05, 4.69) is 46.7 Å². The summed E-state index contributed by atoms with van der Waals surface area (Å²) in [7, 11) is 1.65. The quantitative estimate of drug-likeness (QED) is 0.337. The number of nitrogens with zero attached hydrogens (tertiary/aromatic N) is 2. The normalized spacial score (nSPS) is 11.5. The SMILES string of the molecule is COc1ccc(CCCN(Cc2ccc(OC(F)(F)F)cc2)c2ccc(C(C)C)cn2)cc1. The molecule has 3 rings (SSSR count). The molecule has 0 N–H and O–H groups in total. The van der Waals surface area contributed by atoms with E-state index in [1.807, 2.05) is 24.4 Å². The predicted molar refractivity (Wildman–Crippen MR) is 124 cm³/mol. The summed E-state index contributed by atoms with van der Waals surface area (Å²) in [6.45, 7) is 5.52. The Morgan fingerprint density at radius 3 is 2.06 bits per heavy atom. The first-order valence-corrected chi connectivity index (χ1v) is 10.9. The Labute approximate surface area is 193 Å². The maximum absolute atomic E-state index is 12.4. The molecule has 0 fully saturated rings. The van der Waals surface area contributed by atoms with Crippen LogP contribution in [0.5, 0.6) is 11.5 Å². The van der Waals surface area contributed by atoms with Gasteiger partial charge in [0.25, 0.3) is 0 Å². The van der Waals surface area contributed by atoms with Crippen LogP contribution in [0.1, 0.15) is 42.9 Å². The zero-order valence-electron chi connectivity index (χ0n) is 19.1. The van der Waals surface area contributed by atoms with Crippen molar-refractivity contribution in [1.82, 2.24) is 4.98 Å². The van der Waals surface area contributed by atoms with Gasteiger partial charge in [0.15, 0.2) is 0 Å². The number of anilines is 1. The molecule has 33 heavy (non-hydrogen) atoms. The van der Waals surface area contributed by atoms with Gasteiger partial charge in [-0.3, -0.25) is 0 Å². The van der Waals surface area contributed by atoms with Gasteiger partial charge >= 0.3 is 6.36 Å². The maximum Gasteiger partial charge on any atom is 0.573 e. The Bertz CT molecular complexity index is 986. The second-order valence-corrected chi connectivity index (χ2v) is 8.17. The molecule has 1 aromatic heterocycles. The summed E-state index contributed by atoms with van der Waals surface area (Å²) < 4.78 is 46.5. The van der Waals surface area contributed by atoms with Gasteiger partial charge in [-0.05, 0) is 65.8 Å². The monoisotopic (exact) mass is 458 g/mol. The van der Waals surface area contributed by atoms with Gasteiger partial charge in [0.2, 0.25) is 0 Å². The van der Waals surface area contributed by atoms with Crippen LogP contribution in [0.4, 0.5) is 19.0 Å². The first-order valence-electron chi connectivity index (χ1n) is 10.9. The average Bonchev–Trinajstić information content (AvgIpc) is 2.79. The van der Waals surface area contributed by atoms with Gasteiger partial charge in [-0.15, -0.1) is 13.2 Å². The lowest BCUT2D eigenvalue weighted by atomic mass is 10.1. The molecule has 1 heterocycles. The highest BCUT2D eigenvalue weighted by Gasteiger charge is 2.31. The topological polar surface area (TPSA) is 34.6 Å². The van der Waals surface area contributed by atoms with Crippen LogP contribution in [-0.4, -0.2) is 25.0 Å². The predicted octanol–water partition coefficient (Wildman–Crippen LogP) is 6.75. The van der Waals surface area contributed by atoms with Crippen LogP contribution in [0.25, 0.3) is 0 Å². The van der Waals surface area contributed by atoms with E-state index < -0.39 is 6.36 Å². The lowest BCUT2D eigenvalue weighted by Gasteiger charge is -2.24. The number of hydrogen-bond acceptors (Lipinski definition) is 4. The first-order chi connectivity index (χ1) is 15.7. The highest BCUT2D eigenvalue weighted by molar-refractivity contribution is 5.41. The lowest BCUT2D eigenvalue weighted by molar-refractivity contribution is -0.274. The molecule has 0 unspecified atom stereocenters. The number of hydrogen-bond donors (Lipinski definition) is 0. The summed E-state index contributed by atoms with van der Waals surface area (Å²) in [5.41, 5.74) is 3.25. The third-order valence-electron chi connectivity index (χ3n) is 5.34. The molecule has 0 aliphatic carbocycles. The van der Waals surface area contributed by atoms with Crippen LogP contribution in [0, 0.1) is 0 Å². The van der Waals surface area contributed by atoms with Crippen LogP contribution in [-0.2, 0) is 13.0 Å². The van der Waals surface area contributed by atoms with Crippen molar-refractivity contribution in [3.63, 3.8) is 0 Å². The Kier molecular flexibility index (Phi) is 8.20. The number of rotatable bonds is 10. The van der Waals surface area contributed by atoms with E-state index in [0.29, 0.717) is 12.5 Å². The minimum Gasteiger partial charge on any atom is -0.497 e. The third-order valence-corrected chi connectivity index (χ3v) is 5.34. The molecule has 4 nitrogen and oxygen atoms in total. The van der Waals surface area contributed by atoms with Crippen molar-refractivity contribution < 1.29 is 22.6 Å². The number of aryl methyl sites for hydroxylation is 1.